The van der Waals surface area contributed by atoms with Crippen LogP contribution in [0.2, 0.25) is 0 Å². The molecular formula is C20H24N2O2. The Bertz CT molecular complexity index is 679. The zero-order chi connectivity index (χ0) is 16.9. The molecule has 1 aliphatic heterocycles. The van der Waals surface area contributed by atoms with E-state index in [9.17, 15) is 9.90 Å². The van der Waals surface area contributed by atoms with Crippen LogP contribution in [0.5, 0.6) is 5.75 Å². The molecule has 126 valence electrons. The molecule has 0 bridgehead atoms. The molecule has 1 atom stereocenters. The normalized spacial score (nSPS) is 16.8. The zero-order valence-electron chi connectivity index (χ0n) is 13.8. The summed E-state index contributed by atoms with van der Waals surface area (Å²) in [5.74, 6) is 0.797. The summed E-state index contributed by atoms with van der Waals surface area (Å²) in [4.78, 5) is 14.4. The zero-order valence-corrected chi connectivity index (χ0v) is 13.8. The van der Waals surface area contributed by atoms with Gasteiger partial charge in [-0.3, -0.25) is 4.79 Å². The molecule has 1 amide bonds. The summed E-state index contributed by atoms with van der Waals surface area (Å²) in [6, 6.07) is 16.8. The van der Waals surface area contributed by atoms with E-state index in [2.05, 4.69) is 0 Å². The second-order valence-electron chi connectivity index (χ2n) is 6.53. The summed E-state index contributed by atoms with van der Waals surface area (Å²) in [5, 5.41) is 9.56. The van der Waals surface area contributed by atoms with E-state index in [-0.39, 0.29) is 17.7 Å². The maximum absolute atomic E-state index is 12.5. The van der Waals surface area contributed by atoms with Crippen LogP contribution < -0.4 is 5.73 Å². The van der Waals surface area contributed by atoms with E-state index >= 15 is 0 Å². The minimum atomic E-state index is 0.0563. The first kappa shape index (κ1) is 16.5. The van der Waals surface area contributed by atoms with Crippen LogP contribution in [0.3, 0.4) is 0 Å². The highest BCUT2D eigenvalue weighted by atomic mass is 16.3. The van der Waals surface area contributed by atoms with Crippen LogP contribution in [-0.2, 0) is 6.42 Å². The molecule has 0 aromatic heterocycles. The highest BCUT2D eigenvalue weighted by Crippen LogP contribution is 2.24. The maximum Gasteiger partial charge on any atom is 0.253 e. The second-order valence-corrected chi connectivity index (χ2v) is 6.53. The Hall–Kier alpha value is -2.33. The van der Waals surface area contributed by atoms with Gasteiger partial charge in [0.2, 0.25) is 0 Å². The molecule has 0 spiro atoms. The third kappa shape index (κ3) is 3.95. The number of benzene rings is 2. The van der Waals surface area contributed by atoms with Crippen LogP contribution in [0.15, 0.2) is 54.6 Å². The van der Waals surface area contributed by atoms with Gasteiger partial charge in [-0.2, -0.15) is 0 Å². The van der Waals surface area contributed by atoms with Crippen molar-refractivity contribution >= 4 is 5.91 Å². The molecule has 1 aliphatic rings. The number of hydrogen-bond donors (Lipinski definition) is 2. The number of phenols is 1. The largest absolute Gasteiger partial charge is 0.508 e. The number of amides is 1. The fraction of sp³-hybridized carbons (Fsp3) is 0.350. The Kier molecular flexibility index (Phi) is 5.16. The quantitative estimate of drug-likeness (QED) is 0.909. The molecule has 0 saturated carbocycles. The fourth-order valence-electron chi connectivity index (χ4n) is 3.42. The number of nitrogens with two attached hydrogens (primary N) is 1. The molecule has 1 heterocycles. The topological polar surface area (TPSA) is 66.6 Å². The van der Waals surface area contributed by atoms with Crippen LogP contribution >= 0.6 is 0 Å². The standard InChI is InChI=1S/C20H24N2O2/c21-19(14-15-5-4-8-18(23)13-15)16-9-11-22(12-10-16)20(24)17-6-2-1-3-7-17/h1-8,13,16,19,23H,9-12,14,21H2. The molecule has 0 aliphatic carbocycles. The van der Waals surface area contributed by atoms with Crippen LogP contribution in [0.4, 0.5) is 0 Å². The van der Waals surface area contributed by atoms with Gasteiger partial charge >= 0.3 is 0 Å². The van der Waals surface area contributed by atoms with Gasteiger partial charge in [-0.1, -0.05) is 30.3 Å². The van der Waals surface area contributed by atoms with Crippen LogP contribution in [-0.4, -0.2) is 35.0 Å². The number of carbonyl (C=O) groups is 1. The number of rotatable bonds is 4. The van der Waals surface area contributed by atoms with Crippen molar-refractivity contribution in [1.82, 2.24) is 4.90 Å². The highest BCUT2D eigenvalue weighted by Gasteiger charge is 2.27. The van der Waals surface area contributed by atoms with Crippen molar-refractivity contribution in [3.8, 4) is 5.75 Å². The predicted molar refractivity (Wildman–Crippen MR) is 94.9 cm³/mol. The van der Waals surface area contributed by atoms with Crippen LogP contribution in [0.25, 0.3) is 0 Å². The van der Waals surface area contributed by atoms with Crippen molar-refractivity contribution in [1.29, 1.82) is 0 Å². The van der Waals surface area contributed by atoms with E-state index in [0.29, 0.717) is 5.92 Å². The summed E-state index contributed by atoms with van der Waals surface area (Å²) in [6.07, 6.45) is 2.61. The van der Waals surface area contributed by atoms with Crippen molar-refractivity contribution in [3.05, 3.63) is 65.7 Å². The molecule has 3 rings (SSSR count). The summed E-state index contributed by atoms with van der Waals surface area (Å²) in [5.41, 5.74) is 8.19. The lowest BCUT2D eigenvalue weighted by Crippen LogP contribution is -2.44. The minimum absolute atomic E-state index is 0.0563. The highest BCUT2D eigenvalue weighted by molar-refractivity contribution is 5.94. The van der Waals surface area contributed by atoms with Crippen LogP contribution in [0, 0.1) is 5.92 Å². The predicted octanol–water partition coefficient (Wildman–Crippen LogP) is 2.81. The average Bonchev–Trinajstić information content (AvgIpc) is 2.62. The number of aromatic hydroxyl groups is 1. The number of hydrogen-bond acceptors (Lipinski definition) is 3. The van der Waals surface area contributed by atoms with Gasteiger partial charge in [-0.05, 0) is 55.0 Å². The minimum Gasteiger partial charge on any atom is -0.508 e. The monoisotopic (exact) mass is 324 g/mol. The molecule has 4 nitrogen and oxygen atoms in total. The van der Waals surface area contributed by atoms with Gasteiger partial charge in [0, 0.05) is 24.7 Å². The van der Waals surface area contributed by atoms with Gasteiger partial charge in [-0.25, -0.2) is 0 Å². The van der Waals surface area contributed by atoms with Crippen molar-refractivity contribution < 1.29 is 9.90 Å². The summed E-state index contributed by atoms with van der Waals surface area (Å²) < 4.78 is 0. The Morgan fingerprint density at radius 2 is 1.83 bits per heavy atom. The average molecular weight is 324 g/mol. The summed E-state index contributed by atoms with van der Waals surface area (Å²) in [6.45, 7) is 1.51. The van der Waals surface area contributed by atoms with Crippen molar-refractivity contribution in [2.45, 2.75) is 25.3 Å². The van der Waals surface area contributed by atoms with Crippen molar-refractivity contribution in [2.24, 2.45) is 11.7 Å². The maximum atomic E-state index is 12.5. The van der Waals surface area contributed by atoms with E-state index in [1.165, 1.54) is 0 Å². The molecule has 1 saturated heterocycles. The van der Waals surface area contributed by atoms with E-state index in [0.717, 1.165) is 43.5 Å². The lowest BCUT2D eigenvalue weighted by molar-refractivity contribution is 0.0678. The fourth-order valence-corrected chi connectivity index (χ4v) is 3.42. The van der Waals surface area contributed by atoms with E-state index in [4.69, 9.17) is 5.73 Å². The molecule has 2 aromatic rings. The van der Waals surface area contributed by atoms with E-state index in [1.807, 2.05) is 47.4 Å². The first-order valence-corrected chi connectivity index (χ1v) is 8.51. The molecule has 2 aromatic carbocycles. The Morgan fingerprint density at radius 1 is 1.12 bits per heavy atom. The van der Waals surface area contributed by atoms with Gasteiger partial charge in [-0.15, -0.1) is 0 Å². The number of nitrogens with zero attached hydrogens (tertiary/aromatic N) is 1. The lowest BCUT2D eigenvalue weighted by Gasteiger charge is -2.35. The smallest absolute Gasteiger partial charge is 0.253 e. The lowest BCUT2D eigenvalue weighted by atomic mass is 9.86. The van der Waals surface area contributed by atoms with Gasteiger partial charge < -0.3 is 15.7 Å². The van der Waals surface area contributed by atoms with E-state index in [1.54, 1.807) is 12.1 Å². The Balaban J connectivity index is 1.54. The number of phenolic OH excluding ortho intramolecular Hbond substituents is 1. The van der Waals surface area contributed by atoms with Gasteiger partial charge in [0.05, 0.1) is 0 Å². The molecule has 0 radical (unpaired) electrons. The van der Waals surface area contributed by atoms with Crippen LogP contribution in [0.1, 0.15) is 28.8 Å². The molecule has 4 heteroatoms. The molecular weight excluding hydrogens is 300 g/mol. The van der Waals surface area contributed by atoms with Crippen molar-refractivity contribution in [3.63, 3.8) is 0 Å². The Morgan fingerprint density at radius 3 is 2.50 bits per heavy atom. The first-order chi connectivity index (χ1) is 11.6. The SMILES string of the molecule is NC(Cc1cccc(O)c1)C1CCN(C(=O)c2ccccc2)CC1. The third-order valence-corrected chi connectivity index (χ3v) is 4.84. The van der Waals surface area contributed by atoms with Gasteiger partial charge in [0.15, 0.2) is 0 Å². The van der Waals surface area contributed by atoms with Gasteiger partial charge in [0.1, 0.15) is 5.75 Å². The van der Waals surface area contributed by atoms with Crippen molar-refractivity contribution in [2.75, 3.05) is 13.1 Å². The Labute approximate surface area is 142 Å². The number of likely N-dealkylation sites (tertiary alicyclic amines) is 1. The molecule has 24 heavy (non-hydrogen) atoms. The molecule has 3 N–H and O–H groups in total. The van der Waals surface area contributed by atoms with Gasteiger partial charge in [0.25, 0.3) is 5.91 Å². The molecule has 1 unspecified atom stereocenters. The summed E-state index contributed by atoms with van der Waals surface area (Å²) in [7, 11) is 0. The molecule has 1 fully saturated rings. The number of carbonyl (C=O) groups excluding carboxylic acids is 1. The first-order valence-electron chi connectivity index (χ1n) is 8.51. The third-order valence-electron chi connectivity index (χ3n) is 4.84. The number of piperidine rings is 1. The summed E-state index contributed by atoms with van der Waals surface area (Å²) >= 11 is 0. The van der Waals surface area contributed by atoms with E-state index < -0.39 is 0 Å². The second kappa shape index (κ2) is 7.49.